The van der Waals surface area contributed by atoms with Gasteiger partial charge in [0.2, 0.25) is 5.88 Å². The van der Waals surface area contributed by atoms with E-state index in [4.69, 9.17) is 0 Å². The lowest BCUT2D eigenvalue weighted by molar-refractivity contribution is -0.178. The van der Waals surface area contributed by atoms with Gasteiger partial charge in [0.25, 0.3) is 0 Å². The molecule has 0 aliphatic carbocycles. The minimum Gasteiger partial charge on any atom is -0.482 e. The zero-order chi connectivity index (χ0) is 12.4. The zero-order valence-electron chi connectivity index (χ0n) is 8.12. The Morgan fingerprint density at radius 3 is 1.33 bits per heavy atom. The predicted molar refractivity (Wildman–Crippen MR) is 39.8 cm³/mol. The predicted octanol–water partition coefficient (Wildman–Crippen LogP) is 2.53. The second kappa shape index (κ2) is 4.19. The molecule has 2 nitrogen and oxygen atoms in total. The average Bonchev–Trinajstić information content (AvgIpc) is 1.93. The Morgan fingerprint density at radius 1 is 0.933 bits per heavy atom. The molecule has 0 aliphatic heterocycles. The summed E-state index contributed by atoms with van der Waals surface area (Å²) in [5, 5.41) is 0. The first-order valence-electron chi connectivity index (χ1n) is 3.61. The molecule has 0 aliphatic rings. The Labute approximate surface area is 82.1 Å². The van der Waals surface area contributed by atoms with E-state index in [1.165, 1.54) is 0 Å². The van der Waals surface area contributed by atoms with Crippen LogP contribution in [0.5, 0.6) is 0 Å². The average molecular weight is 237 g/mol. The number of halogens is 6. The quantitative estimate of drug-likeness (QED) is 0.540. The van der Waals surface area contributed by atoms with Gasteiger partial charge in [-0.25, -0.2) is 0 Å². The molecule has 0 atom stereocenters. The Hall–Kier alpha value is -1.08. The third kappa shape index (κ3) is 3.52. The van der Waals surface area contributed by atoms with Crippen LogP contribution in [0.3, 0.4) is 0 Å². The molecule has 0 radical (unpaired) electrons. The van der Waals surface area contributed by atoms with Gasteiger partial charge in [0.15, 0.2) is 5.57 Å². The summed E-state index contributed by atoms with van der Waals surface area (Å²) in [5.41, 5.74) is -2.65. The fourth-order valence-electron chi connectivity index (χ4n) is 0.911. The molecule has 0 aromatic heterocycles. The van der Waals surface area contributed by atoms with E-state index in [2.05, 4.69) is 4.74 Å². The molecule has 90 valence electrons. The second-order valence-corrected chi connectivity index (χ2v) is 2.77. The highest BCUT2D eigenvalue weighted by Crippen LogP contribution is 2.41. The Morgan fingerprint density at radius 2 is 1.27 bits per heavy atom. The first kappa shape index (κ1) is 13.9. The monoisotopic (exact) mass is 237 g/mol. The molecule has 15 heavy (non-hydrogen) atoms. The van der Waals surface area contributed by atoms with E-state index in [0.29, 0.717) is 4.90 Å². The molecule has 0 aromatic rings. The number of ether oxygens (including phenoxy) is 1. The second-order valence-electron chi connectivity index (χ2n) is 2.77. The van der Waals surface area contributed by atoms with Crippen LogP contribution >= 0.6 is 0 Å². The van der Waals surface area contributed by atoms with E-state index in [-0.39, 0.29) is 0 Å². The minimum absolute atomic E-state index is 0.607. The van der Waals surface area contributed by atoms with E-state index < -0.39 is 23.8 Å². The third-order valence-corrected chi connectivity index (χ3v) is 1.38. The molecule has 0 unspecified atom stereocenters. The van der Waals surface area contributed by atoms with Crippen molar-refractivity contribution >= 4 is 0 Å². The van der Waals surface area contributed by atoms with Crippen molar-refractivity contribution in [2.24, 2.45) is 0 Å². The standard InChI is InChI=1S/C7H9F6NO/c1-14(2)5(15-3)4(6(8,9)10)7(11,12)13/h1-3H3. The maximum atomic E-state index is 12.1. The lowest BCUT2D eigenvalue weighted by Gasteiger charge is -2.23. The maximum Gasteiger partial charge on any atom is 0.426 e. The van der Waals surface area contributed by atoms with Gasteiger partial charge < -0.3 is 9.64 Å². The van der Waals surface area contributed by atoms with Gasteiger partial charge >= 0.3 is 12.4 Å². The van der Waals surface area contributed by atoms with Crippen LogP contribution in [-0.2, 0) is 4.74 Å². The van der Waals surface area contributed by atoms with Crippen molar-refractivity contribution in [2.75, 3.05) is 21.2 Å². The summed E-state index contributed by atoms with van der Waals surface area (Å²) < 4.78 is 76.9. The number of methoxy groups -OCH3 is 1. The molecular formula is C7H9F6NO. The Bertz CT molecular complexity index is 235. The van der Waals surface area contributed by atoms with Crippen molar-refractivity contribution in [3.63, 3.8) is 0 Å². The van der Waals surface area contributed by atoms with Crippen molar-refractivity contribution in [2.45, 2.75) is 12.4 Å². The van der Waals surface area contributed by atoms with E-state index in [1.54, 1.807) is 0 Å². The molecule has 0 rings (SSSR count). The SMILES string of the molecule is COC(=C(C(F)(F)F)C(F)(F)F)N(C)C. The zero-order valence-corrected chi connectivity index (χ0v) is 8.12. The number of nitrogens with zero attached hydrogens (tertiary/aromatic N) is 1. The number of rotatable bonds is 2. The fourth-order valence-corrected chi connectivity index (χ4v) is 0.911. The van der Waals surface area contributed by atoms with Gasteiger partial charge in [-0.1, -0.05) is 0 Å². The summed E-state index contributed by atoms with van der Waals surface area (Å²) in [5.74, 6) is -1.27. The normalized spacial score (nSPS) is 12.3. The molecule has 0 spiro atoms. The molecule has 8 heteroatoms. The van der Waals surface area contributed by atoms with Crippen molar-refractivity contribution in [1.82, 2.24) is 4.90 Å². The van der Waals surface area contributed by atoms with Gasteiger partial charge in [-0.2, -0.15) is 26.3 Å². The molecule has 0 saturated carbocycles. The lowest BCUT2D eigenvalue weighted by Crippen LogP contribution is -2.32. The molecule has 0 bridgehead atoms. The first-order chi connectivity index (χ1) is 6.51. The maximum absolute atomic E-state index is 12.1. The van der Waals surface area contributed by atoms with E-state index in [9.17, 15) is 26.3 Å². The van der Waals surface area contributed by atoms with Crippen molar-refractivity contribution in [3.05, 3.63) is 11.5 Å². The number of hydrogen-bond donors (Lipinski definition) is 0. The highest BCUT2D eigenvalue weighted by molar-refractivity contribution is 5.19. The van der Waals surface area contributed by atoms with Crippen LogP contribution in [-0.4, -0.2) is 38.5 Å². The van der Waals surface area contributed by atoms with Crippen molar-refractivity contribution in [3.8, 4) is 0 Å². The summed E-state index contributed by atoms with van der Waals surface area (Å²) in [4.78, 5) is 0.607. The smallest absolute Gasteiger partial charge is 0.426 e. The van der Waals surface area contributed by atoms with E-state index >= 15 is 0 Å². The van der Waals surface area contributed by atoms with Crippen LogP contribution in [0, 0.1) is 0 Å². The van der Waals surface area contributed by atoms with Gasteiger partial charge in [0, 0.05) is 14.1 Å². The summed E-state index contributed by atoms with van der Waals surface area (Å²) in [6.45, 7) is 0. The summed E-state index contributed by atoms with van der Waals surface area (Å²) in [7, 11) is 2.79. The highest BCUT2D eigenvalue weighted by Gasteiger charge is 2.54. The van der Waals surface area contributed by atoms with Crippen LogP contribution in [0.1, 0.15) is 0 Å². The van der Waals surface area contributed by atoms with E-state index in [0.717, 1.165) is 21.2 Å². The molecular weight excluding hydrogens is 228 g/mol. The first-order valence-corrected chi connectivity index (χ1v) is 3.61. The lowest BCUT2D eigenvalue weighted by atomic mass is 10.2. The summed E-state index contributed by atoms with van der Waals surface area (Å²) in [6.07, 6.45) is -11.0. The van der Waals surface area contributed by atoms with Gasteiger partial charge in [-0.3, -0.25) is 0 Å². The summed E-state index contributed by atoms with van der Waals surface area (Å²) in [6, 6.07) is 0. The van der Waals surface area contributed by atoms with Gasteiger partial charge in [-0.05, 0) is 0 Å². The fraction of sp³-hybridized carbons (Fsp3) is 0.714. The van der Waals surface area contributed by atoms with Crippen molar-refractivity contribution < 1.29 is 31.1 Å². The molecule has 0 fully saturated rings. The molecule has 0 N–H and O–H groups in total. The molecule has 0 saturated heterocycles. The largest absolute Gasteiger partial charge is 0.482 e. The van der Waals surface area contributed by atoms with Crippen LogP contribution in [0.25, 0.3) is 0 Å². The van der Waals surface area contributed by atoms with Crippen LogP contribution in [0.4, 0.5) is 26.3 Å². The summed E-state index contributed by atoms with van der Waals surface area (Å²) >= 11 is 0. The molecule has 0 aromatic carbocycles. The number of hydrogen-bond acceptors (Lipinski definition) is 2. The highest BCUT2D eigenvalue weighted by atomic mass is 19.4. The van der Waals surface area contributed by atoms with Gasteiger partial charge in [-0.15, -0.1) is 0 Å². The Balaban J connectivity index is 5.64. The Kier molecular flexibility index (Phi) is 3.89. The minimum atomic E-state index is -5.51. The van der Waals surface area contributed by atoms with Crippen LogP contribution in [0.2, 0.25) is 0 Å². The number of allylic oxidation sites excluding steroid dienone is 1. The van der Waals surface area contributed by atoms with Crippen LogP contribution < -0.4 is 0 Å². The molecule has 0 heterocycles. The number of alkyl halides is 6. The molecule has 0 amide bonds. The van der Waals surface area contributed by atoms with Crippen molar-refractivity contribution in [1.29, 1.82) is 0 Å². The third-order valence-electron chi connectivity index (χ3n) is 1.38. The van der Waals surface area contributed by atoms with Crippen LogP contribution in [0.15, 0.2) is 11.5 Å². The topological polar surface area (TPSA) is 12.5 Å². The van der Waals surface area contributed by atoms with E-state index in [1.807, 2.05) is 0 Å². The van der Waals surface area contributed by atoms with Gasteiger partial charge in [0.05, 0.1) is 7.11 Å². The van der Waals surface area contributed by atoms with Gasteiger partial charge in [0.1, 0.15) is 0 Å².